The topological polar surface area (TPSA) is 71.5 Å². The van der Waals surface area contributed by atoms with Crippen molar-refractivity contribution in [3.8, 4) is 0 Å². The van der Waals surface area contributed by atoms with Crippen LogP contribution in [-0.2, 0) is 25.2 Å². The molecule has 20 heavy (non-hydrogen) atoms. The molecule has 0 amide bonds. The number of benzene rings is 1. The second-order valence-electron chi connectivity index (χ2n) is 4.69. The molecule has 112 valence electrons. The number of hydrogen-bond acceptors (Lipinski definition) is 4. The zero-order valence-corrected chi connectivity index (χ0v) is 14.0. The van der Waals surface area contributed by atoms with Crippen LogP contribution in [0.5, 0.6) is 0 Å². The minimum absolute atomic E-state index is 0.0326. The molecule has 1 fully saturated rings. The molecule has 0 atom stereocenters. The third kappa shape index (κ3) is 3.60. The SMILES string of the molecule is O=S1(=O)CCCN(S(=O)(=O)c2ccc(CBr)cc2)CC1. The van der Waals surface area contributed by atoms with Gasteiger partial charge in [0.15, 0.2) is 9.84 Å². The highest BCUT2D eigenvalue weighted by atomic mass is 79.9. The summed E-state index contributed by atoms with van der Waals surface area (Å²) < 4.78 is 49.3. The fourth-order valence-corrected chi connectivity index (χ4v) is 5.30. The van der Waals surface area contributed by atoms with Crippen molar-refractivity contribution in [2.75, 3.05) is 24.6 Å². The van der Waals surface area contributed by atoms with Crippen LogP contribution in [0.2, 0.25) is 0 Å². The summed E-state index contributed by atoms with van der Waals surface area (Å²) in [7, 11) is -6.72. The fourth-order valence-electron chi connectivity index (χ4n) is 2.06. The number of sulfonamides is 1. The van der Waals surface area contributed by atoms with Crippen LogP contribution < -0.4 is 0 Å². The van der Waals surface area contributed by atoms with Gasteiger partial charge in [0.1, 0.15) is 0 Å². The molecular formula is C12H16BrNO4S2. The molecule has 1 aliphatic rings. The van der Waals surface area contributed by atoms with Crippen LogP contribution in [0.15, 0.2) is 29.2 Å². The second kappa shape index (κ2) is 6.13. The fraction of sp³-hybridized carbons (Fsp3) is 0.500. The number of alkyl halides is 1. The molecular weight excluding hydrogens is 366 g/mol. The maximum atomic E-state index is 12.5. The van der Waals surface area contributed by atoms with Crippen molar-refractivity contribution in [1.29, 1.82) is 0 Å². The molecule has 1 heterocycles. The van der Waals surface area contributed by atoms with Crippen molar-refractivity contribution in [3.05, 3.63) is 29.8 Å². The first-order chi connectivity index (χ1) is 9.35. The average Bonchev–Trinajstić information content (AvgIpc) is 2.60. The largest absolute Gasteiger partial charge is 0.243 e. The van der Waals surface area contributed by atoms with Crippen molar-refractivity contribution >= 4 is 35.8 Å². The van der Waals surface area contributed by atoms with Crippen molar-refractivity contribution in [2.45, 2.75) is 16.6 Å². The summed E-state index contributed by atoms with van der Waals surface area (Å²) in [6.07, 6.45) is 0.348. The monoisotopic (exact) mass is 381 g/mol. The number of halogens is 1. The summed E-state index contributed by atoms with van der Waals surface area (Å²) in [5.41, 5.74) is 0.988. The van der Waals surface area contributed by atoms with Crippen molar-refractivity contribution in [3.63, 3.8) is 0 Å². The molecule has 0 aromatic heterocycles. The molecule has 0 spiro atoms. The molecule has 1 saturated heterocycles. The second-order valence-corrected chi connectivity index (χ2v) is 9.49. The summed E-state index contributed by atoms with van der Waals surface area (Å²) in [5.74, 6) is -0.0484. The molecule has 0 bridgehead atoms. The van der Waals surface area contributed by atoms with E-state index in [9.17, 15) is 16.8 Å². The highest BCUT2D eigenvalue weighted by molar-refractivity contribution is 9.08. The van der Waals surface area contributed by atoms with Gasteiger partial charge in [-0.25, -0.2) is 16.8 Å². The van der Waals surface area contributed by atoms with E-state index in [0.29, 0.717) is 11.8 Å². The van der Waals surface area contributed by atoms with Gasteiger partial charge in [-0.2, -0.15) is 4.31 Å². The maximum absolute atomic E-state index is 12.5. The summed E-state index contributed by atoms with van der Waals surface area (Å²) in [4.78, 5) is 0.210. The number of hydrogen-bond donors (Lipinski definition) is 0. The molecule has 0 aliphatic carbocycles. The average molecular weight is 382 g/mol. The Morgan fingerprint density at radius 1 is 1.10 bits per heavy atom. The Morgan fingerprint density at radius 3 is 2.35 bits per heavy atom. The van der Waals surface area contributed by atoms with Crippen molar-refractivity contribution in [1.82, 2.24) is 4.31 Å². The van der Waals surface area contributed by atoms with Gasteiger partial charge in [0.2, 0.25) is 10.0 Å². The molecule has 5 nitrogen and oxygen atoms in total. The van der Waals surface area contributed by atoms with Crippen molar-refractivity contribution < 1.29 is 16.8 Å². The lowest BCUT2D eigenvalue weighted by Gasteiger charge is -2.19. The molecule has 1 aromatic rings. The van der Waals surface area contributed by atoms with Crippen LogP contribution >= 0.6 is 15.9 Å². The quantitative estimate of drug-likeness (QED) is 0.741. The lowest BCUT2D eigenvalue weighted by molar-refractivity contribution is 0.434. The Labute approximate surface area is 128 Å². The molecule has 2 rings (SSSR count). The lowest BCUT2D eigenvalue weighted by Crippen LogP contribution is -2.33. The third-order valence-electron chi connectivity index (χ3n) is 3.23. The standard InChI is InChI=1S/C12H16BrNO4S2/c13-10-11-2-4-12(5-3-11)20(17,18)14-6-1-8-19(15,16)9-7-14/h2-5H,1,6-10H2. The summed E-state index contributed by atoms with van der Waals surface area (Å²) in [6.45, 7) is 0.284. The van der Waals surface area contributed by atoms with Gasteiger partial charge >= 0.3 is 0 Å². The molecule has 8 heteroatoms. The third-order valence-corrected chi connectivity index (χ3v) is 7.51. The van der Waals surface area contributed by atoms with Crippen molar-refractivity contribution in [2.24, 2.45) is 0 Å². The van der Waals surface area contributed by atoms with Crippen LogP contribution in [0.1, 0.15) is 12.0 Å². The van der Waals surface area contributed by atoms with E-state index in [1.807, 2.05) is 0 Å². The van der Waals surface area contributed by atoms with Crippen LogP contribution in [0.3, 0.4) is 0 Å². The minimum Gasteiger partial charge on any atom is -0.229 e. The van der Waals surface area contributed by atoms with Gasteiger partial charge in [0, 0.05) is 18.4 Å². The van der Waals surface area contributed by atoms with E-state index < -0.39 is 19.9 Å². The van der Waals surface area contributed by atoms with E-state index in [4.69, 9.17) is 0 Å². The number of nitrogens with zero attached hydrogens (tertiary/aromatic N) is 1. The van der Waals surface area contributed by atoms with E-state index in [1.54, 1.807) is 24.3 Å². The molecule has 0 radical (unpaired) electrons. The molecule has 0 N–H and O–H groups in total. The van der Waals surface area contributed by atoms with E-state index in [1.165, 1.54) is 4.31 Å². The lowest BCUT2D eigenvalue weighted by atomic mass is 10.2. The van der Waals surface area contributed by atoms with Gasteiger partial charge in [-0.1, -0.05) is 28.1 Å². The summed E-state index contributed by atoms with van der Waals surface area (Å²) >= 11 is 3.31. The smallest absolute Gasteiger partial charge is 0.229 e. The van der Waals surface area contributed by atoms with Crippen LogP contribution in [0.25, 0.3) is 0 Å². The zero-order valence-electron chi connectivity index (χ0n) is 10.8. The Kier molecular flexibility index (Phi) is 4.88. The predicted octanol–water partition coefficient (Wildman–Crippen LogP) is 1.39. The molecule has 0 unspecified atom stereocenters. The number of rotatable bonds is 3. The van der Waals surface area contributed by atoms with E-state index in [-0.39, 0.29) is 29.5 Å². The van der Waals surface area contributed by atoms with Gasteiger partial charge in [0.05, 0.1) is 16.4 Å². The van der Waals surface area contributed by atoms with Crippen LogP contribution in [0, 0.1) is 0 Å². The highest BCUT2D eigenvalue weighted by Gasteiger charge is 2.28. The number of sulfone groups is 1. The van der Waals surface area contributed by atoms with Crippen LogP contribution in [0.4, 0.5) is 0 Å². The summed E-state index contributed by atoms with van der Waals surface area (Å²) in [5, 5.41) is 0.662. The zero-order chi connectivity index (χ0) is 14.8. The normalized spacial score (nSPS) is 20.4. The molecule has 1 aliphatic heterocycles. The predicted molar refractivity (Wildman–Crippen MR) is 81.1 cm³/mol. The van der Waals surface area contributed by atoms with Gasteiger partial charge < -0.3 is 0 Å². The first-order valence-electron chi connectivity index (χ1n) is 6.21. The highest BCUT2D eigenvalue weighted by Crippen LogP contribution is 2.19. The Bertz CT molecular complexity index is 668. The Morgan fingerprint density at radius 2 is 1.75 bits per heavy atom. The Balaban J connectivity index is 2.25. The minimum atomic E-state index is -3.61. The van der Waals surface area contributed by atoms with Gasteiger partial charge in [-0.15, -0.1) is 0 Å². The first kappa shape index (κ1) is 15.9. The molecule has 0 saturated carbocycles. The van der Waals surface area contributed by atoms with Crippen LogP contribution in [-0.4, -0.2) is 45.7 Å². The van der Waals surface area contributed by atoms with Gasteiger partial charge in [-0.05, 0) is 24.1 Å². The van der Waals surface area contributed by atoms with E-state index >= 15 is 0 Å². The summed E-state index contributed by atoms with van der Waals surface area (Å²) in [6, 6.07) is 6.61. The maximum Gasteiger partial charge on any atom is 0.243 e. The van der Waals surface area contributed by atoms with Gasteiger partial charge in [0.25, 0.3) is 0 Å². The van der Waals surface area contributed by atoms with E-state index in [0.717, 1.165) is 5.56 Å². The molecule has 1 aromatic carbocycles. The van der Waals surface area contributed by atoms with E-state index in [2.05, 4.69) is 15.9 Å². The first-order valence-corrected chi connectivity index (χ1v) is 10.6. The Hall–Kier alpha value is -0.440. The van der Waals surface area contributed by atoms with Gasteiger partial charge in [-0.3, -0.25) is 0 Å².